The Morgan fingerprint density at radius 1 is 1.25 bits per heavy atom. The molecule has 0 fully saturated rings. The van der Waals surface area contributed by atoms with E-state index in [0.717, 1.165) is 5.56 Å². The van der Waals surface area contributed by atoms with Crippen LogP contribution in [0.2, 0.25) is 0 Å². The molecule has 0 spiro atoms. The quantitative estimate of drug-likeness (QED) is 0.556. The van der Waals surface area contributed by atoms with Crippen molar-refractivity contribution in [3.8, 4) is 5.75 Å². The van der Waals surface area contributed by atoms with Crippen LogP contribution in [-0.2, 0) is 6.42 Å². The van der Waals surface area contributed by atoms with Crippen LogP contribution in [0.5, 0.6) is 5.75 Å². The number of hydrogen-bond donors (Lipinski definition) is 2. The first-order valence-electron chi connectivity index (χ1n) is 3.89. The lowest BCUT2D eigenvalue weighted by Crippen LogP contribution is -2.38. The van der Waals surface area contributed by atoms with Crippen molar-refractivity contribution in [2.75, 3.05) is 0 Å². The molecule has 0 radical (unpaired) electrons. The molecular formula is C9H10O3. The van der Waals surface area contributed by atoms with Crippen LogP contribution in [0.4, 0.5) is 0 Å². The summed E-state index contributed by atoms with van der Waals surface area (Å²) < 4.78 is 4.93. The van der Waals surface area contributed by atoms with Gasteiger partial charge >= 0.3 is 5.97 Å². The predicted octanol–water partition coefficient (Wildman–Crippen LogP) is 0.650. The lowest BCUT2D eigenvalue weighted by Gasteiger charge is -2.28. The van der Waals surface area contributed by atoms with Crippen molar-refractivity contribution in [1.82, 2.24) is 0 Å². The van der Waals surface area contributed by atoms with Crippen molar-refractivity contribution >= 4 is 0 Å². The van der Waals surface area contributed by atoms with Crippen LogP contribution in [0.1, 0.15) is 12.0 Å². The summed E-state index contributed by atoms with van der Waals surface area (Å²) >= 11 is 0. The summed E-state index contributed by atoms with van der Waals surface area (Å²) in [6.45, 7) is 0. The maximum atomic E-state index is 9.15. The van der Waals surface area contributed by atoms with E-state index in [-0.39, 0.29) is 6.42 Å². The molecule has 0 bridgehead atoms. The highest BCUT2D eigenvalue weighted by molar-refractivity contribution is 5.35. The van der Waals surface area contributed by atoms with Crippen LogP contribution in [-0.4, -0.2) is 16.2 Å². The van der Waals surface area contributed by atoms with E-state index in [0.29, 0.717) is 12.2 Å². The Hall–Kier alpha value is -1.06. The minimum atomic E-state index is -1.98. The van der Waals surface area contributed by atoms with E-state index in [2.05, 4.69) is 0 Å². The molecule has 0 saturated heterocycles. The third-order valence-corrected chi connectivity index (χ3v) is 1.97. The highest BCUT2D eigenvalue weighted by atomic mass is 16.8. The molecule has 2 rings (SSSR count). The largest absolute Gasteiger partial charge is 0.439 e. The number of benzene rings is 1. The standard InChI is InChI=1S/C9H10O3/c10-9(11)6-5-7-3-1-2-4-8(7)12-9/h1-4,10-11H,5-6H2. The molecule has 0 atom stereocenters. The van der Waals surface area contributed by atoms with Gasteiger partial charge in [0.25, 0.3) is 0 Å². The van der Waals surface area contributed by atoms with Crippen molar-refractivity contribution in [3.63, 3.8) is 0 Å². The molecule has 0 saturated carbocycles. The molecule has 1 aromatic carbocycles. The van der Waals surface area contributed by atoms with Gasteiger partial charge in [0.05, 0.1) is 0 Å². The maximum absolute atomic E-state index is 9.15. The van der Waals surface area contributed by atoms with Crippen molar-refractivity contribution < 1.29 is 14.9 Å². The molecule has 3 nitrogen and oxygen atoms in total. The molecule has 3 heteroatoms. The lowest BCUT2D eigenvalue weighted by atomic mass is 10.1. The van der Waals surface area contributed by atoms with Gasteiger partial charge < -0.3 is 14.9 Å². The summed E-state index contributed by atoms with van der Waals surface area (Å²) in [6.07, 6.45) is 0.868. The highest BCUT2D eigenvalue weighted by Gasteiger charge is 2.30. The molecule has 2 N–H and O–H groups in total. The minimum Gasteiger partial charge on any atom is -0.439 e. The topological polar surface area (TPSA) is 49.7 Å². The van der Waals surface area contributed by atoms with Gasteiger partial charge in [-0.25, -0.2) is 0 Å². The van der Waals surface area contributed by atoms with E-state index in [1.165, 1.54) is 0 Å². The summed E-state index contributed by atoms with van der Waals surface area (Å²) in [5, 5.41) is 18.3. The fourth-order valence-corrected chi connectivity index (χ4v) is 1.33. The summed E-state index contributed by atoms with van der Waals surface area (Å²) in [6, 6.07) is 7.37. The molecule has 1 aromatic rings. The first kappa shape index (κ1) is 7.58. The molecule has 0 aromatic heterocycles. The normalized spacial score (nSPS) is 19.5. The molecule has 12 heavy (non-hydrogen) atoms. The average Bonchev–Trinajstić information content (AvgIpc) is 2.02. The Kier molecular flexibility index (Phi) is 1.56. The monoisotopic (exact) mass is 166 g/mol. The van der Waals surface area contributed by atoms with Crippen LogP contribution >= 0.6 is 0 Å². The van der Waals surface area contributed by atoms with E-state index in [1.54, 1.807) is 12.1 Å². The number of hydrogen-bond acceptors (Lipinski definition) is 3. The molecule has 1 heterocycles. The van der Waals surface area contributed by atoms with Gasteiger partial charge in [-0.05, 0) is 18.1 Å². The van der Waals surface area contributed by atoms with E-state index in [1.807, 2.05) is 12.1 Å². The van der Waals surface area contributed by atoms with Gasteiger partial charge in [0, 0.05) is 6.42 Å². The number of aryl methyl sites for hydroxylation is 1. The van der Waals surface area contributed by atoms with E-state index in [4.69, 9.17) is 14.9 Å². The van der Waals surface area contributed by atoms with E-state index < -0.39 is 5.97 Å². The summed E-state index contributed by atoms with van der Waals surface area (Å²) in [7, 11) is 0. The third kappa shape index (κ3) is 1.29. The van der Waals surface area contributed by atoms with Crippen LogP contribution in [0.25, 0.3) is 0 Å². The number of rotatable bonds is 0. The molecule has 1 aliphatic rings. The second kappa shape index (κ2) is 2.47. The summed E-state index contributed by atoms with van der Waals surface area (Å²) in [5.41, 5.74) is 1.02. The minimum absolute atomic E-state index is 0.226. The van der Waals surface area contributed by atoms with Crippen molar-refractivity contribution in [3.05, 3.63) is 29.8 Å². The molecule has 0 amide bonds. The van der Waals surface area contributed by atoms with Gasteiger partial charge in [-0.2, -0.15) is 0 Å². The van der Waals surface area contributed by atoms with Crippen molar-refractivity contribution in [2.24, 2.45) is 0 Å². The lowest BCUT2D eigenvalue weighted by molar-refractivity contribution is -0.299. The van der Waals surface area contributed by atoms with Crippen LogP contribution in [0, 0.1) is 0 Å². The van der Waals surface area contributed by atoms with E-state index >= 15 is 0 Å². The fraction of sp³-hybridized carbons (Fsp3) is 0.333. The smallest absolute Gasteiger partial charge is 0.322 e. The molecular weight excluding hydrogens is 156 g/mol. The van der Waals surface area contributed by atoms with Gasteiger partial charge in [0.15, 0.2) is 0 Å². The van der Waals surface area contributed by atoms with E-state index in [9.17, 15) is 0 Å². The fourth-order valence-electron chi connectivity index (χ4n) is 1.33. The first-order chi connectivity index (χ1) is 5.67. The van der Waals surface area contributed by atoms with Gasteiger partial charge in [0.2, 0.25) is 0 Å². The Balaban J connectivity index is 2.35. The van der Waals surface area contributed by atoms with Crippen LogP contribution < -0.4 is 4.74 Å². The third-order valence-electron chi connectivity index (χ3n) is 1.97. The second-order valence-corrected chi connectivity index (χ2v) is 2.95. The zero-order valence-corrected chi connectivity index (χ0v) is 6.53. The number of aliphatic hydroxyl groups is 2. The molecule has 1 aliphatic heterocycles. The Labute approximate surface area is 70.2 Å². The van der Waals surface area contributed by atoms with Crippen molar-refractivity contribution in [1.29, 1.82) is 0 Å². The first-order valence-corrected chi connectivity index (χ1v) is 3.89. The number of ether oxygens (including phenoxy) is 1. The molecule has 0 unspecified atom stereocenters. The Morgan fingerprint density at radius 3 is 2.83 bits per heavy atom. The van der Waals surface area contributed by atoms with Gasteiger partial charge in [-0.3, -0.25) is 0 Å². The SMILES string of the molecule is OC1(O)CCc2ccccc2O1. The van der Waals surface area contributed by atoms with Gasteiger partial charge in [-0.15, -0.1) is 0 Å². The zero-order valence-electron chi connectivity index (χ0n) is 6.53. The van der Waals surface area contributed by atoms with Gasteiger partial charge in [0.1, 0.15) is 5.75 Å². The summed E-state index contributed by atoms with van der Waals surface area (Å²) in [4.78, 5) is 0. The Bertz CT molecular complexity index is 294. The van der Waals surface area contributed by atoms with Crippen LogP contribution in [0.15, 0.2) is 24.3 Å². The number of para-hydroxylation sites is 1. The highest BCUT2D eigenvalue weighted by Crippen LogP contribution is 2.29. The van der Waals surface area contributed by atoms with Crippen LogP contribution in [0.3, 0.4) is 0 Å². The molecule has 64 valence electrons. The average molecular weight is 166 g/mol. The Morgan fingerprint density at radius 2 is 2.00 bits per heavy atom. The maximum Gasteiger partial charge on any atom is 0.322 e. The second-order valence-electron chi connectivity index (χ2n) is 2.95. The number of fused-ring (bicyclic) bond motifs is 1. The summed E-state index contributed by atoms with van der Waals surface area (Å²) in [5.74, 6) is -1.41. The van der Waals surface area contributed by atoms with Crippen molar-refractivity contribution in [2.45, 2.75) is 18.8 Å². The zero-order chi connectivity index (χ0) is 8.60. The van der Waals surface area contributed by atoms with Gasteiger partial charge in [-0.1, -0.05) is 18.2 Å². The molecule has 0 aliphatic carbocycles. The predicted molar refractivity (Wildman–Crippen MR) is 42.6 cm³/mol.